The number of aliphatic hydroxyl groups is 1. The second-order valence-electron chi connectivity index (χ2n) is 6.76. The highest BCUT2D eigenvalue weighted by Gasteiger charge is 2.49. The van der Waals surface area contributed by atoms with Crippen LogP contribution in [0.25, 0.3) is 0 Å². The highest BCUT2D eigenvalue weighted by molar-refractivity contribution is 5.38. The maximum atomic E-state index is 9.61. The fourth-order valence-corrected chi connectivity index (χ4v) is 4.31. The summed E-state index contributed by atoms with van der Waals surface area (Å²) in [5, 5.41) is 9.61. The molecule has 0 aromatic heterocycles. The van der Waals surface area contributed by atoms with Crippen molar-refractivity contribution in [3.05, 3.63) is 34.9 Å². The normalized spacial score (nSPS) is 34.8. The van der Waals surface area contributed by atoms with E-state index in [0.29, 0.717) is 12.0 Å². The fourth-order valence-electron chi connectivity index (χ4n) is 4.31. The van der Waals surface area contributed by atoms with Crippen molar-refractivity contribution in [2.24, 2.45) is 5.41 Å². The third-order valence-electron chi connectivity index (χ3n) is 5.69. The molecular weight excluding hydrogens is 220 g/mol. The van der Waals surface area contributed by atoms with Gasteiger partial charge in [-0.05, 0) is 74.3 Å². The second-order valence-corrected chi connectivity index (χ2v) is 6.76. The molecule has 4 rings (SSSR count). The van der Waals surface area contributed by atoms with Crippen molar-refractivity contribution in [1.29, 1.82) is 0 Å². The zero-order valence-electron chi connectivity index (χ0n) is 11.6. The van der Waals surface area contributed by atoms with Gasteiger partial charge in [0.25, 0.3) is 0 Å². The first-order valence-corrected chi connectivity index (χ1v) is 7.28. The van der Waals surface area contributed by atoms with Gasteiger partial charge in [-0.25, -0.2) is 0 Å². The standard InChI is InChI=1S/C17H24O/c1-13-3-4-15(14(2)11-13)17-8-5-16(12-18,6-9-17)7-10-17/h3-4,11,18H,5-10,12H2,1-2H3. The Hall–Kier alpha value is -0.820. The molecule has 1 aromatic carbocycles. The third-order valence-corrected chi connectivity index (χ3v) is 5.69. The fraction of sp³-hybridized carbons (Fsp3) is 0.647. The van der Waals surface area contributed by atoms with Crippen molar-refractivity contribution in [3.63, 3.8) is 0 Å². The molecule has 1 nitrogen and oxygen atoms in total. The van der Waals surface area contributed by atoms with Crippen molar-refractivity contribution >= 4 is 0 Å². The van der Waals surface area contributed by atoms with E-state index in [2.05, 4.69) is 32.0 Å². The summed E-state index contributed by atoms with van der Waals surface area (Å²) >= 11 is 0. The Morgan fingerprint density at radius 3 is 2.11 bits per heavy atom. The number of hydrogen-bond acceptors (Lipinski definition) is 1. The molecule has 1 N–H and O–H groups in total. The average Bonchev–Trinajstić information content (AvgIpc) is 2.40. The van der Waals surface area contributed by atoms with Gasteiger partial charge in [0.15, 0.2) is 0 Å². The van der Waals surface area contributed by atoms with Gasteiger partial charge in [-0.1, -0.05) is 23.8 Å². The number of benzene rings is 1. The number of aryl methyl sites for hydroxylation is 2. The van der Waals surface area contributed by atoms with E-state index in [4.69, 9.17) is 0 Å². The summed E-state index contributed by atoms with van der Waals surface area (Å²) < 4.78 is 0. The number of hydrogen-bond donors (Lipinski definition) is 1. The summed E-state index contributed by atoms with van der Waals surface area (Å²) in [6, 6.07) is 6.95. The molecule has 0 atom stereocenters. The van der Waals surface area contributed by atoms with Crippen molar-refractivity contribution in [1.82, 2.24) is 0 Å². The zero-order valence-corrected chi connectivity index (χ0v) is 11.6. The molecule has 3 fully saturated rings. The van der Waals surface area contributed by atoms with E-state index in [9.17, 15) is 5.11 Å². The summed E-state index contributed by atoms with van der Waals surface area (Å²) in [5.74, 6) is 0. The maximum absolute atomic E-state index is 9.61. The SMILES string of the molecule is Cc1ccc(C23CCC(CO)(CC2)CC3)c(C)c1. The summed E-state index contributed by atoms with van der Waals surface area (Å²) in [5.41, 5.74) is 5.12. The van der Waals surface area contributed by atoms with Gasteiger partial charge in [0.1, 0.15) is 0 Å². The summed E-state index contributed by atoms with van der Waals surface area (Å²) in [6.45, 7) is 4.84. The van der Waals surface area contributed by atoms with Gasteiger partial charge in [0.2, 0.25) is 0 Å². The zero-order chi connectivity index (χ0) is 12.8. The third kappa shape index (κ3) is 1.72. The first-order chi connectivity index (χ1) is 8.59. The highest BCUT2D eigenvalue weighted by Crippen LogP contribution is 2.57. The first kappa shape index (κ1) is 12.2. The molecule has 98 valence electrons. The maximum Gasteiger partial charge on any atom is 0.0487 e. The van der Waals surface area contributed by atoms with E-state index < -0.39 is 0 Å². The smallest absolute Gasteiger partial charge is 0.0487 e. The lowest BCUT2D eigenvalue weighted by Crippen LogP contribution is -2.46. The van der Waals surface area contributed by atoms with E-state index in [0.717, 1.165) is 0 Å². The molecule has 0 radical (unpaired) electrons. The van der Waals surface area contributed by atoms with Gasteiger partial charge < -0.3 is 5.11 Å². The molecule has 3 aliphatic rings. The summed E-state index contributed by atoms with van der Waals surface area (Å²) in [4.78, 5) is 0. The van der Waals surface area contributed by atoms with Crippen LogP contribution in [0.5, 0.6) is 0 Å². The lowest BCUT2D eigenvalue weighted by atomic mass is 9.51. The molecule has 3 saturated carbocycles. The number of aliphatic hydroxyl groups excluding tert-OH is 1. The molecule has 0 amide bonds. The van der Waals surface area contributed by atoms with Crippen molar-refractivity contribution < 1.29 is 5.11 Å². The van der Waals surface area contributed by atoms with Crippen LogP contribution in [0.4, 0.5) is 0 Å². The van der Waals surface area contributed by atoms with Crippen LogP contribution in [0.1, 0.15) is 55.2 Å². The van der Waals surface area contributed by atoms with Gasteiger partial charge in [-0.3, -0.25) is 0 Å². The minimum atomic E-state index is 0.278. The molecule has 1 aromatic rings. The van der Waals surface area contributed by atoms with Crippen LogP contribution in [0.3, 0.4) is 0 Å². The predicted octanol–water partition coefficient (Wildman–Crippen LogP) is 3.89. The Morgan fingerprint density at radius 1 is 1.00 bits per heavy atom. The van der Waals surface area contributed by atoms with Crippen LogP contribution in [-0.2, 0) is 5.41 Å². The minimum absolute atomic E-state index is 0.278. The molecule has 0 spiro atoms. The Labute approximate surface area is 110 Å². The van der Waals surface area contributed by atoms with E-state index in [1.807, 2.05) is 0 Å². The first-order valence-electron chi connectivity index (χ1n) is 7.28. The molecule has 0 aliphatic heterocycles. The van der Waals surface area contributed by atoms with E-state index in [1.165, 1.54) is 49.7 Å². The number of fused-ring (bicyclic) bond motifs is 3. The lowest BCUT2D eigenvalue weighted by molar-refractivity contribution is -0.00707. The van der Waals surface area contributed by atoms with E-state index in [1.54, 1.807) is 5.56 Å². The van der Waals surface area contributed by atoms with Crippen LogP contribution in [0.2, 0.25) is 0 Å². The Balaban J connectivity index is 1.94. The topological polar surface area (TPSA) is 20.2 Å². The molecule has 0 unspecified atom stereocenters. The van der Waals surface area contributed by atoms with Crippen molar-refractivity contribution in [2.45, 2.75) is 57.8 Å². The molecule has 3 aliphatic carbocycles. The van der Waals surface area contributed by atoms with Crippen LogP contribution < -0.4 is 0 Å². The summed E-state index contributed by atoms with van der Waals surface area (Å²) in [6.07, 6.45) is 7.48. The van der Waals surface area contributed by atoms with Crippen LogP contribution in [0.15, 0.2) is 18.2 Å². The Kier molecular flexibility index (Phi) is 2.78. The Bertz CT molecular complexity index is 436. The second kappa shape index (κ2) is 4.09. The average molecular weight is 244 g/mol. The van der Waals surface area contributed by atoms with Gasteiger partial charge >= 0.3 is 0 Å². The van der Waals surface area contributed by atoms with Crippen molar-refractivity contribution in [3.8, 4) is 0 Å². The highest BCUT2D eigenvalue weighted by atomic mass is 16.3. The molecule has 0 heterocycles. The lowest BCUT2D eigenvalue weighted by Gasteiger charge is -2.53. The molecule has 1 heteroatoms. The molecule has 2 bridgehead atoms. The van der Waals surface area contributed by atoms with Gasteiger partial charge in [0, 0.05) is 6.61 Å². The Morgan fingerprint density at radius 2 is 1.61 bits per heavy atom. The van der Waals surface area contributed by atoms with Crippen molar-refractivity contribution in [2.75, 3.05) is 6.61 Å². The van der Waals surface area contributed by atoms with Gasteiger partial charge in [-0.15, -0.1) is 0 Å². The largest absolute Gasteiger partial charge is 0.396 e. The van der Waals surface area contributed by atoms with Crippen LogP contribution in [0, 0.1) is 19.3 Å². The quantitative estimate of drug-likeness (QED) is 0.837. The van der Waals surface area contributed by atoms with Gasteiger partial charge in [-0.2, -0.15) is 0 Å². The minimum Gasteiger partial charge on any atom is -0.396 e. The number of rotatable bonds is 2. The van der Waals surface area contributed by atoms with E-state index in [-0.39, 0.29) is 5.41 Å². The predicted molar refractivity (Wildman–Crippen MR) is 74.8 cm³/mol. The summed E-state index contributed by atoms with van der Waals surface area (Å²) in [7, 11) is 0. The van der Waals surface area contributed by atoms with Gasteiger partial charge in [0.05, 0.1) is 0 Å². The molecular formula is C17H24O. The molecule has 0 saturated heterocycles. The van der Waals surface area contributed by atoms with Crippen LogP contribution >= 0.6 is 0 Å². The monoisotopic (exact) mass is 244 g/mol. The van der Waals surface area contributed by atoms with Crippen LogP contribution in [-0.4, -0.2) is 11.7 Å². The molecule has 18 heavy (non-hydrogen) atoms. The van der Waals surface area contributed by atoms with E-state index >= 15 is 0 Å².